The first-order valence-electron chi connectivity index (χ1n) is 5.46. The van der Waals surface area contributed by atoms with E-state index in [9.17, 15) is 9.59 Å². The van der Waals surface area contributed by atoms with Crippen LogP contribution in [0.4, 0.5) is 0 Å². The van der Waals surface area contributed by atoms with Crippen LogP contribution in [0.2, 0.25) is 0 Å². The van der Waals surface area contributed by atoms with Crippen LogP contribution in [-0.4, -0.2) is 32.4 Å². The van der Waals surface area contributed by atoms with Crippen LogP contribution in [0.5, 0.6) is 11.5 Å². The van der Waals surface area contributed by atoms with Crippen LogP contribution in [-0.2, 0) is 16.5 Å². The Labute approximate surface area is 130 Å². The van der Waals surface area contributed by atoms with Gasteiger partial charge in [0.15, 0.2) is 0 Å². The van der Waals surface area contributed by atoms with Gasteiger partial charge in [0.2, 0.25) is 0 Å². The number of carboxylic acids is 2. The fourth-order valence-electron chi connectivity index (χ4n) is 1.31. The molecule has 2 aromatic rings. The third kappa shape index (κ3) is 5.54. The fourth-order valence-corrected chi connectivity index (χ4v) is 1.31. The first-order valence-corrected chi connectivity index (χ1v) is 5.46. The fraction of sp³-hybridized carbons (Fsp3) is 0. The smallest absolute Gasteiger partial charge is 0.339 e. The summed E-state index contributed by atoms with van der Waals surface area (Å²) in [6.45, 7) is 0. The molecule has 0 unspecified atom stereocenters. The molecular weight excluding hydrogens is 323 g/mol. The molecule has 21 heavy (non-hydrogen) atoms. The van der Waals surface area contributed by atoms with Crippen molar-refractivity contribution in [3.05, 3.63) is 59.7 Å². The Kier molecular flexibility index (Phi) is 7.57. The van der Waals surface area contributed by atoms with Gasteiger partial charge in [0, 0.05) is 16.5 Å². The van der Waals surface area contributed by atoms with Crippen molar-refractivity contribution in [3.63, 3.8) is 0 Å². The topological polar surface area (TPSA) is 115 Å². The molecule has 0 aliphatic heterocycles. The maximum atomic E-state index is 10.3. The van der Waals surface area contributed by atoms with E-state index in [1.54, 1.807) is 24.3 Å². The van der Waals surface area contributed by atoms with Gasteiger partial charge in [-0.1, -0.05) is 24.3 Å². The molecule has 114 valence electrons. The van der Waals surface area contributed by atoms with Gasteiger partial charge in [-0.25, -0.2) is 9.59 Å². The number of phenols is 2. The van der Waals surface area contributed by atoms with Gasteiger partial charge in [-0.2, -0.15) is 0 Å². The van der Waals surface area contributed by atoms with Gasteiger partial charge < -0.3 is 20.4 Å². The summed E-state index contributed by atoms with van der Waals surface area (Å²) in [5.41, 5.74) is -0.134. The molecule has 2 rings (SSSR count). The van der Waals surface area contributed by atoms with E-state index in [1.165, 1.54) is 24.3 Å². The standard InChI is InChI=1S/2C7H6O3.Ni/c2*8-6-4-2-1-3-5(6)7(9)10;/h2*1-4,8H,(H,9,10);. The predicted octanol–water partition coefficient (Wildman–Crippen LogP) is 2.18. The summed E-state index contributed by atoms with van der Waals surface area (Å²) in [6.07, 6.45) is 0. The van der Waals surface area contributed by atoms with Gasteiger partial charge in [-0.3, -0.25) is 0 Å². The monoisotopic (exact) mass is 334 g/mol. The van der Waals surface area contributed by atoms with Crippen LogP contribution < -0.4 is 0 Å². The molecule has 7 heteroatoms. The number of carboxylic acid groups (broad SMARTS) is 2. The Bertz CT molecular complexity index is 571. The first kappa shape index (κ1) is 18.5. The minimum Gasteiger partial charge on any atom is -0.507 e. The molecule has 0 spiro atoms. The summed E-state index contributed by atoms with van der Waals surface area (Å²) < 4.78 is 0. The summed E-state index contributed by atoms with van der Waals surface area (Å²) in [4.78, 5) is 20.5. The summed E-state index contributed by atoms with van der Waals surface area (Å²) in [5.74, 6) is -2.62. The van der Waals surface area contributed by atoms with Crippen LogP contribution >= 0.6 is 0 Å². The molecule has 0 fully saturated rings. The number of para-hydroxylation sites is 2. The predicted molar refractivity (Wildman–Crippen MR) is 70.1 cm³/mol. The van der Waals surface area contributed by atoms with E-state index in [1.807, 2.05) is 0 Å². The quantitative estimate of drug-likeness (QED) is 0.626. The molecule has 0 radical (unpaired) electrons. The second-order valence-corrected chi connectivity index (χ2v) is 3.64. The second-order valence-electron chi connectivity index (χ2n) is 3.64. The first-order chi connectivity index (χ1) is 9.43. The van der Waals surface area contributed by atoms with Gasteiger partial charge in [-0.15, -0.1) is 0 Å². The van der Waals surface area contributed by atoms with Gasteiger partial charge in [0.25, 0.3) is 0 Å². The van der Waals surface area contributed by atoms with Crippen LogP contribution in [0.25, 0.3) is 0 Å². The van der Waals surface area contributed by atoms with Crippen LogP contribution in [0.3, 0.4) is 0 Å². The van der Waals surface area contributed by atoms with E-state index in [0.29, 0.717) is 0 Å². The third-order valence-electron chi connectivity index (χ3n) is 2.27. The molecule has 0 saturated heterocycles. The summed E-state index contributed by atoms with van der Waals surface area (Å²) in [5, 5.41) is 34.6. The average molecular weight is 335 g/mol. The summed E-state index contributed by atoms with van der Waals surface area (Å²) >= 11 is 0. The van der Waals surface area contributed by atoms with Crippen molar-refractivity contribution in [2.45, 2.75) is 0 Å². The molecule has 0 atom stereocenters. The van der Waals surface area contributed by atoms with Gasteiger partial charge in [0.1, 0.15) is 22.6 Å². The van der Waals surface area contributed by atoms with Crippen molar-refractivity contribution in [1.82, 2.24) is 0 Å². The molecule has 0 aliphatic rings. The van der Waals surface area contributed by atoms with E-state index in [-0.39, 0.29) is 39.1 Å². The maximum absolute atomic E-state index is 10.3. The zero-order valence-corrected chi connectivity index (χ0v) is 11.5. The van der Waals surface area contributed by atoms with E-state index in [0.717, 1.165) is 0 Å². The molecule has 0 heterocycles. The Morgan fingerprint density at radius 1 is 0.667 bits per heavy atom. The van der Waals surface area contributed by atoms with E-state index >= 15 is 0 Å². The normalized spacial score (nSPS) is 8.76. The van der Waals surface area contributed by atoms with Crippen LogP contribution in [0, 0.1) is 0 Å². The molecule has 4 N–H and O–H groups in total. The molecule has 0 saturated carbocycles. The second kappa shape index (κ2) is 8.61. The molecule has 0 amide bonds. The van der Waals surface area contributed by atoms with Crippen molar-refractivity contribution < 1.29 is 46.5 Å². The van der Waals surface area contributed by atoms with Crippen molar-refractivity contribution >= 4 is 11.9 Å². The molecule has 6 nitrogen and oxygen atoms in total. The summed E-state index contributed by atoms with van der Waals surface area (Å²) in [6, 6.07) is 11.6. The number of aromatic hydroxyl groups is 2. The molecule has 0 aromatic heterocycles. The van der Waals surface area contributed by atoms with E-state index in [2.05, 4.69) is 0 Å². The zero-order valence-electron chi connectivity index (χ0n) is 10.5. The van der Waals surface area contributed by atoms with Crippen molar-refractivity contribution in [2.75, 3.05) is 0 Å². The van der Waals surface area contributed by atoms with Gasteiger partial charge >= 0.3 is 11.9 Å². The number of aromatic carboxylic acids is 2. The van der Waals surface area contributed by atoms with Gasteiger partial charge in [0.05, 0.1) is 0 Å². The number of rotatable bonds is 2. The van der Waals surface area contributed by atoms with Crippen molar-refractivity contribution in [1.29, 1.82) is 0 Å². The molecule has 2 aromatic carbocycles. The SMILES string of the molecule is O=C(O)c1ccccc1O.O=C(O)c1ccccc1O.[Ni]. The van der Waals surface area contributed by atoms with E-state index in [4.69, 9.17) is 20.4 Å². The largest absolute Gasteiger partial charge is 0.507 e. The minimum absolute atomic E-state index is 0. The summed E-state index contributed by atoms with van der Waals surface area (Å²) in [7, 11) is 0. The van der Waals surface area contributed by atoms with Gasteiger partial charge in [-0.05, 0) is 24.3 Å². The molecule has 0 bridgehead atoms. The number of hydrogen-bond donors (Lipinski definition) is 4. The maximum Gasteiger partial charge on any atom is 0.339 e. The van der Waals surface area contributed by atoms with Crippen molar-refractivity contribution in [3.8, 4) is 11.5 Å². The Morgan fingerprint density at radius 3 is 1.14 bits per heavy atom. The number of benzene rings is 2. The molecular formula is C14H12NiO6. The Balaban J connectivity index is 0.000000364. The third-order valence-corrected chi connectivity index (χ3v) is 2.27. The molecule has 0 aliphatic carbocycles. The number of carbonyl (C=O) groups is 2. The van der Waals surface area contributed by atoms with Crippen molar-refractivity contribution in [2.24, 2.45) is 0 Å². The number of hydrogen-bond acceptors (Lipinski definition) is 4. The Hall–Kier alpha value is -2.53. The van der Waals surface area contributed by atoms with E-state index < -0.39 is 11.9 Å². The average Bonchev–Trinajstić information content (AvgIpc) is 2.40. The van der Waals surface area contributed by atoms with Crippen LogP contribution in [0.15, 0.2) is 48.5 Å². The minimum atomic E-state index is -1.11. The van der Waals surface area contributed by atoms with Crippen LogP contribution in [0.1, 0.15) is 20.7 Å². The Morgan fingerprint density at radius 2 is 0.952 bits per heavy atom. The zero-order chi connectivity index (χ0) is 15.1.